The van der Waals surface area contributed by atoms with E-state index in [9.17, 15) is 0 Å². The number of hydrogen-bond donors (Lipinski definition) is 0. The van der Waals surface area contributed by atoms with Crippen LogP contribution in [0.15, 0.2) is 176 Å². The van der Waals surface area contributed by atoms with E-state index in [2.05, 4.69) is 169 Å². The number of fused-ring (bicyclic) bond motifs is 14. The number of rotatable bonds is 3. The Hall–Kier alpha value is -6.58. The normalized spacial score (nSPS) is 13.7. The smallest absolute Gasteiger partial charge is 0.194 e. The van der Waals surface area contributed by atoms with Gasteiger partial charge in [0.2, 0.25) is 0 Å². The molecule has 0 saturated carbocycles. The Balaban J connectivity index is 1.11. The summed E-state index contributed by atoms with van der Waals surface area (Å²) >= 11 is 0. The molecule has 8 aromatic rings. The van der Waals surface area contributed by atoms with Crippen LogP contribution in [0.4, 0.5) is 17.1 Å². The van der Waals surface area contributed by atoms with Gasteiger partial charge in [-0.3, -0.25) is 0 Å². The average molecular weight is 640 g/mol. The van der Waals surface area contributed by atoms with Gasteiger partial charge in [-0.2, -0.15) is 0 Å². The molecular formula is C47H29NO2. The minimum absolute atomic E-state index is 0.445. The molecule has 234 valence electrons. The Bertz CT molecular complexity index is 2630. The standard InChI is InChI=1S/C47H29NO2/c1-2-15-32(16-3-1)48(33-26-25-30-13-4-5-14-31(30)29-33)41-23-12-24-42-45(41)49-43-28-27-40-44(46(43)50-42)36-19-8-11-22-39(36)47(40)37-20-9-6-17-34(37)35-18-7-10-21-38(35)47/h1-29H. The van der Waals surface area contributed by atoms with Gasteiger partial charge in [-0.1, -0.05) is 133 Å². The van der Waals surface area contributed by atoms with Crippen LogP contribution in [0, 0.1) is 0 Å². The van der Waals surface area contributed by atoms with E-state index in [1.807, 2.05) is 12.1 Å². The van der Waals surface area contributed by atoms with Crippen LogP contribution >= 0.6 is 0 Å². The second kappa shape index (κ2) is 10.2. The molecule has 2 aliphatic carbocycles. The summed E-state index contributed by atoms with van der Waals surface area (Å²) < 4.78 is 14.0. The lowest BCUT2D eigenvalue weighted by atomic mass is 9.70. The van der Waals surface area contributed by atoms with E-state index in [0.717, 1.165) is 28.4 Å². The summed E-state index contributed by atoms with van der Waals surface area (Å²) in [6.45, 7) is 0. The topological polar surface area (TPSA) is 21.7 Å². The lowest BCUT2D eigenvalue weighted by Gasteiger charge is -2.32. The van der Waals surface area contributed by atoms with E-state index >= 15 is 0 Å². The summed E-state index contributed by atoms with van der Waals surface area (Å²) in [7, 11) is 0. The van der Waals surface area contributed by atoms with Gasteiger partial charge in [0, 0.05) is 16.9 Å². The first-order chi connectivity index (χ1) is 24.8. The summed E-state index contributed by atoms with van der Waals surface area (Å²) in [6, 6.07) is 62.6. The van der Waals surface area contributed by atoms with Crippen LogP contribution in [-0.4, -0.2) is 0 Å². The maximum Gasteiger partial charge on any atom is 0.194 e. The molecule has 0 unspecified atom stereocenters. The van der Waals surface area contributed by atoms with Crippen LogP contribution in [-0.2, 0) is 5.41 Å². The molecular weight excluding hydrogens is 611 g/mol. The molecule has 8 aromatic carbocycles. The molecule has 3 heteroatoms. The minimum atomic E-state index is -0.445. The fourth-order valence-corrected chi connectivity index (χ4v) is 8.72. The largest absolute Gasteiger partial charge is 0.449 e. The second-order valence-electron chi connectivity index (χ2n) is 13.2. The monoisotopic (exact) mass is 639 g/mol. The van der Waals surface area contributed by atoms with Crippen LogP contribution in [0.25, 0.3) is 33.0 Å². The van der Waals surface area contributed by atoms with Gasteiger partial charge in [0.1, 0.15) is 0 Å². The molecule has 0 aromatic heterocycles. The van der Waals surface area contributed by atoms with Crippen molar-refractivity contribution in [1.29, 1.82) is 0 Å². The third-order valence-electron chi connectivity index (χ3n) is 10.7. The molecule has 0 radical (unpaired) electrons. The lowest BCUT2D eigenvalue weighted by molar-refractivity contribution is 0.361. The van der Waals surface area contributed by atoms with Gasteiger partial charge in [-0.25, -0.2) is 0 Å². The predicted molar refractivity (Wildman–Crippen MR) is 202 cm³/mol. The van der Waals surface area contributed by atoms with Gasteiger partial charge in [-0.15, -0.1) is 0 Å². The maximum absolute atomic E-state index is 7.04. The molecule has 1 aliphatic heterocycles. The van der Waals surface area contributed by atoms with Crippen molar-refractivity contribution in [3.8, 4) is 45.3 Å². The number of anilines is 3. The van der Waals surface area contributed by atoms with Crippen LogP contribution in [0.1, 0.15) is 22.3 Å². The van der Waals surface area contributed by atoms with Crippen LogP contribution in [0.3, 0.4) is 0 Å². The Morgan fingerprint density at radius 1 is 0.380 bits per heavy atom. The highest BCUT2D eigenvalue weighted by atomic mass is 16.6. The molecule has 3 aliphatic rings. The van der Waals surface area contributed by atoms with Crippen molar-refractivity contribution in [2.75, 3.05) is 4.90 Å². The number of hydrogen-bond acceptors (Lipinski definition) is 3. The Morgan fingerprint density at radius 2 is 0.980 bits per heavy atom. The van der Waals surface area contributed by atoms with Crippen molar-refractivity contribution in [1.82, 2.24) is 0 Å². The molecule has 1 heterocycles. The van der Waals surface area contributed by atoms with Crippen LogP contribution in [0.2, 0.25) is 0 Å². The Morgan fingerprint density at radius 3 is 1.74 bits per heavy atom. The molecule has 1 spiro atoms. The molecule has 50 heavy (non-hydrogen) atoms. The Labute approximate surface area is 290 Å². The van der Waals surface area contributed by atoms with Crippen molar-refractivity contribution in [3.63, 3.8) is 0 Å². The second-order valence-corrected chi connectivity index (χ2v) is 13.2. The minimum Gasteiger partial charge on any atom is -0.449 e. The highest BCUT2D eigenvalue weighted by molar-refractivity contribution is 5.98. The van der Waals surface area contributed by atoms with Gasteiger partial charge in [0.15, 0.2) is 23.0 Å². The van der Waals surface area contributed by atoms with Crippen LogP contribution < -0.4 is 14.4 Å². The first-order valence-corrected chi connectivity index (χ1v) is 17.1. The molecule has 0 N–H and O–H groups in total. The molecule has 0 atom stereocenters. The quantitative estimate of drug-likeness (QED) is 0.192. The molecule has 0 amide bonds. The number of nitrogens with zero attached hydrogens (tertiary/aromatic N) is 1. The van der Waals surface area contributed by atoms with E-state index < -0.39 is 5.41 Å². The SMILES string of the molecule is c1ccc(N(c2ccc3ccccc3c2)c2cccc3c2Oc2ccc4c(c2O3)-c2ccccc2C42c3ccccc3-c3ccccc32)cc1. The fourth-order valence-electron chi connectivity index (χ4n) is 8.72. The summed E-state index contributed by atoms with van der Waals surface area (Å²) in [6.07, 6.45) is 0. The number of benzene rings is 8. The zero-order valence-corrected chi connectivity index (χ0v) is 27.0. The third-order valence-corrected chi connectivity index (χ3v) is 10.7. The maximum atomic E-state index is 7.04. The van der Waals surface area contributed by atoms with Gasteiger partial charge >= 0.3 is 0 Å². The molecule has 0 saturated heterocycles. The molecule has 0 bridgehead atoms. The van der Waals surface area contributed by atoms with Crippen molar-refractivity contribution >= 4 is 27.8 Å². The van der Waals surface area contributed by atoms with Gasteiger partial charge in [-0.05, 0) is 92.2 Å². The van der Waals surface area contributed by atoms with E-state index in [1.165, 1.54) is 49.7 Å². The van der Waals surface area contributed by atoms with Crippen molar-refractivity contribution in [3.05, 3.63) is 198 Å². The highest BCUT2D eigenvalue weighted by Gasteiger charge is 2.53. The summed E-state index contributed by atoms with van der Waals surface area (Å²) in [5.74, 6) is 2.85. The lowest BCUT2D eigenvalue weighted by Crippen LogP contribution is -2.25. The van der Waals surface area contributed by atoms with Crippen molar-refractivity contribution in [2.24, 2.45) is 0 Å². The summed E-state index contributed by atoms with van der Waals surface area (Å²) in [5, 5.41) is 2.38. The van der Waals surface area contributed by atoms with Crippen molar-refractivity contribution < 1.29 is 9.47 Å². The van der Waals surface area contributed by atoms with Gasteiger partial charge in [0.25, 0.3) is 0 Å². The van der Waals surface area contributed by atoms with E-state index in [0.29, 0.717) is 17.2 Å². The number of ether oxygens (including phenoxy) is 2. The summed E-state index contributed by atoms with van der Waals surface area (Å²) in [4.78, 5) is 2.25. The number of para-hydroxylation sites is 2. The zero-order chi connectivity index (χ0) is 32.8. The van der Waals surface area contributed by atoms with E-state index in [4.69, 9.17) is 9.47 Å². The molecule has 3 nitrogen and oxygen atoms in total. The Kier molecular flexibility index (Phi) is 5.59. The van der Waals surface area contributed by atoms with Crippen molar-refractivity contribution in [2.45, 2.75) is 5.41 Å². The molecule has 11 rings (SSSR count). The zero-order valence-electron chi connectivity index (χ0n) is 27.0. The van der Waals surface area contributed by atoms with E-state index in [-0.39, 0.29) is 0 Å². The predicted octanol–water partition coefficient (Wildman–Crippen LogP) is 12.6. The molecule has 0 fully saturated rings. The first-order valence-electron chi connectivity index (χ1n) is 17.1. The first kappa shape index (κ1) is 27.4. The summed E-state index contributed by atoms with van der Waals surface area (Å²) in [5.41, 5.74) is 12.5. The van der Waals surface area contributed by atoms with E-state index in [1.54, 1.807) is 0 Å². The third kappa shape index (κ3) is 3.58. The fraction of sp³-hybridized carbons (Fsp3) is 0.0213. The average Bonchev–Trinajstić information content (AvgIpc) is 3.65. The van der Waals surface area contributed by atoms with Crippen LogP contribution in [0.5, 0.6) is 23.0 Å². The highest BCUT2D eigenvalue weighted by Crippen LogP contribution is 2.66. The van der Waals surface area contributed by atoms with Gasteiger partial charge in [0.05, 0.1) is 11.1 Å². The van der Waals surface area contributed by atoms with Gasteiger partial charge < -0.3 is 14.4 Å².